The van der Waals surface area contributed by atoms with Crippen LogP contribution in [0.2, 0.25) is 0 Å². The van der Waals surface area contributed by atoms with Crippen molar-refractivity contribution in [1.82, 2.24) is 9.55 Å². The predicted molar refractivity (Wildman–Crippen MR) is 83.7 cm³/mol. The molecule has 1 unspecified atom stereocenters. The van der Waals surface area contributed by atoms with E-state index in [9.17, 15) is 0 Å². The Hall–Kier alpha value is -2.80. The normalized spacial score (nSPS) is 12.2. The lowest BCUT2D eigenvalue weighted by atomic mass is 10.1. The largest absolute Gasteiger partial charge is 0.369 e. The average Bonchev–Trinajstić information content (AvgIpc) is 2.84. The average molecular weight is 276 g/mol. The van der Waals surface area contributed by atoms with Crippen LogP contribution in [-0.4, -0.2) is 9.55 Å². The molecule has 1 atom stereocenters. The van der Waals surface area contributed by atoms with Crippen LogP contribution < -0.4 is 5.73 Å². The molecular formula is C17H16N4. The van der Waals surface area contributed by atoms with E-state index in [4.69, 9.17) is 11.0 Å². The third kappa shape index (κ3) is 2.34. The highest BCUT2D eigenvalue weighted by molar-refractivity contribution is 5.84. The number of rotatable bonds is 3. The topological polar surface area (TPSA) is 67.6 Å². The minimum absolute atomic E-state index is 0.173. The zero-order valence-electron chi connectivity index (χ0n) is 11.8. The van der Waals surface area contributed by atoms with Gasteiger partial charge in [-0.05, 0) is 31.0 Å². The Kier molecular flexibility index (Phi) is 3.33. The fourth-order valence-electron chi connectivity index (χ4n) is 2.73. The van der Waals surface area contributed by atoms with Crippen LogP contribution >= 0.6 is 0 Å². The van der Waals surface area contributed by atoms with Crippen molar-refractivity contribution in [1.29, 1.82) is 5.26 Å². The predicted octanol–water partition coefficient (Wildman–Crippen LogP) is 3.29. The molecule has 4 nitrogen and oxygen atoms in total. The number of hydrogen-bond acceptors (Lipinski definition) is 3. The van der Waals surface area contributed by atoms with Gasteiger partial charge in [-0.1, -0.05) is 36.4 Å². The van der Waals surface area contributed by atoms with E-state index < -0.39 is 0 Å². The summed E-state index contributed by atoms with van der Waals surface area (Å²) in [4.78, 5) is 4.36. The van der Waals surface area contributed by atoms with Crippen LogP contribution in [0.4, 0.5) is 5.95 Å². The first-order chi connectivity index (χ1) is 10.2. The lowest BCUT2D eigenvalue weighted by Crippen LogP contribution is -2.11. The molecule has 0 radical (unpaired) electrons. The van der Waals surface area contributed by atoms with Gasteiger partial charge in [-0.2, -0.15) is 5.26 Å². The summed E-state index contributed by atoms with van der Waals surface area (Å²) in [6, 6.07) is 18.2. The standard InChI is InChI=1S/C17H16N4/c1-12(10-13-6-3-2-4-7-13)21-15-9-5-8-14(11-18)16(15)20-17(21)19/h2-9,12H,10H2,1H3,(H2,19,20). The zero-order valence-corrected chi connectivity index (χ0v) is 11.8. The van der Waals surface area contributed by atoms with Crippen LogP contribution in [0.3, 0.4) is 0 Å². The molecule has 0 amide bonds. The number of nitrogens with zero attached hydrogens (tertiary/aromatic N) is 3. The maximum absolute atomic E-state index is 9.17. The molecule has 2 N–H and O–H groups in total. The van der Waals surface area contributed by atoms with Gasteiger partial charge < -0.3 is 10.3 Å². The van der Waals surface area contributed by atoms with Gasteiger partial charge in [0.15, 0.2) is 0 Å². The van der Waals surface area contributed by atoms with E-state index in [1.54, 1.807) is 6.07 Å². The summed E-state index contributed by atoms with van der Waals surface area (Å²) in [6.07, 6.45) is 0.868. The molecule has 0 aliphatic carbocycles. The van der Waals surface area contributed by atoms with Gasteiger partial charge in [0.2, 0.25) is 5.95 Å². The number of anilines is 1. The SMILES string of the molecule is CC(Cc1ccccc1)n1c(N)nc2c(C#N)cccc21. The first-order valence-corrected chi connectivity index (χ1v) is 6.91. The highest BCUT2D eigenvalue weighted by atomic mass is 15.2. The minimum Gasteiger partial charge on any atom is -0.369 e. The Morgan fingerprint density at radius 3 is 2.67 bits per heavy atom. The second-order valence-corrected chi connectivity index (χ2v) is 5.16. The third-order valence-corrected chi connectivity index (χ3v) is 3.68. The molecule has 4 heteroatoms. The van der Waals surface area contributed by atoms with E-state index in [2.05, 4.69) is 30.1 Å². The van der Waals surface area contributed by atoms with Gasteiger partial charge >= 0.3 is 0 Å². The molecule has 0 saturated heterocycles. The fraction of sp³-hybridized carbons (Fsp3) is 0.176. The number of aromatic nitrogens is 2. The molecule has 1 aromatic heterocycles. The van der Waals surface area contributed by atoms with Crippen LogP contribution in [0.1, 0.15) is 24.1 Å². The van der Waals surface area contributed by atoms with Crippen molar-refractivity contribution >= 4 is 17.0 Å². The molecular weight excluding hydrogens is 260 g/mol. The molecule has 0 fully saturated rings. The van der Waals surface area contributed by atoms with E-state index >= 15 is 0 Å². The zero-order chi connectivity index (χ0) is 14.8. The minimum atomic E-state index is 0.173. The number of para-hydroxylation sites is 1. The molecule has 0 saturated carbocycles. The summed E-state index contributed by atoms with van der Waals surface area (Å²) in [5.74, 6) is 0.455. The van der Waals surface area contributed by atoms with E-state index in [1.165, 1.54) is 5.56 Å². The van der Waals surface area contributed by atoms with Crippen molar-refractivity contribution in [3.05, 3.63) is 59.7 Å². The van der Waals surface area contributed by atoms with Gasteiger partial charge in [0.25, 0.3) is 0 Å². The Morgan fingerprint density at radius 1 is 1.19 bits per heavy atom. The molecule has 1 heterocycles. The first kappa shape index (κ1) is 13.2. The quantitative estimate of drug-likeness (QED) is 0.798. The van der Waals surface area contributed by atoms with Crippen LogP contribution in [0.5, 0.6) is 0 Å². The Balaban J connectivity index is 2.04. The second kappa shape index (κ2) is 5.29. The van der Waals surface area contributed by atoms with Gasteiger partial charge in [0, 0.05) is 6.04 Å². The summed E-state index contributed by atoms with van der Waals surface area (Å²) in [7, 11) is 0. The molecule has 0 aliphatic rings. The van der Waals surface area contributed by atoms with E-state index in [0.29, 0.717) is 17.0 Å². The maximum atomic E-state index is 9.17. The molecule has 0 bridgehead atoms. The van der Waals surface area contributed by atoms with Crippen LogP contribution in [0.25, 0.3) is 11.0 Å². The summed E-state index contributed by atoms with van der Waals surface area (Å²) in [5, 5.41) is 9.17. The molecule has 3 rings (SSSR count). The fourth-order valence-corrected chi connectivity index (χ4v) is 2.73. The van der Waals surface area contributed by atoms with Gasteiger partial charge in [-0.3, -0.25) is 0 Å². The maximum Gasteiger partial charge on any atom is 0.201 e. The van der Waals surface area contributed by atoms with Gasteiger partial charge in [0.1, 0.15) is 11.6 Å². The van der Waals surface area contributed by atoms with Crippen molar-refractivity contribution in [2.45, 2.75) is 19.4 Å². The summed E-state index contributed by atoms with van der Waals surface area (Å²) in [6.45, 7) is 2.11. The van der Waals surface area contributed by atoms with Crippen molar-refractivity contribution in [3.8, 4) is 6.07 Å². The summed E-state index contributed by atoms with van der Waals surface area (Å²) in [5.41, 5.74) is 9.48. The highest BCUT2D eigenvalue weighted by Gasteiger charge is 2.16. The lowest BCUT2D eigenvalue weighted by molar-refractivity contribution is 0.567. The number of benzene rings is 2. The third-order valence-electron chi connectivity index (χ3n) is 3.68. The number of nitrogen functional groups attached to an aromatic ring is 1. The van der Waals surface area contributed by atoms with Gasteiger partial charge in [0.05, 0.1) is 11.1 Å². The van der Waals surface area contributed by atoms with Crippen LogP contribution in [0.15, 0.2) is 48.5 Å². The van der Waals surface area contributed by atoms with E-state index in [0.717, 1.165) is 11.9 Å². The van der Waals surface area contributed by atoms with Crippen molar-refractivity contribution < 1.29 is 0 Å². The van der Waals surface area contributed by atoms with Gasteiger partial charge in [-0.15, -0.1) is 0 Å². The first-order valence-electron chi connectivity index (χ1n) is 6.91. The van der Waals surface area contributed by atoms with Crippen LogP contribution in [0, 0.1) is 11.3 Å². The molecule has 0 spiro atoms. The molecule has 104 valence electrons. The summed E-state index contributed by atoms with van der Waals surface area (Å²) >= 11 is 0. The second-order valence-electron chi connectivity index (χ2n) is 5.16. The number of hydrogen-bond donors (Lipinski definition) is 1. The lowest BCUT2D eigenvalue weighted by Gasteiger charge is -2.16. The molecule has 2 aromatic carbocycles. The Morgan fingerprint density at radius 2 is 1.95 bits per heavy atom. The number of fused-ring (bicyclic) bond motifs is 1. The molecule has 0 aliphatic heterocycles. The Bertz CT molecular complexity index is 812. The van der Waals surface area contributed by atoms with E-state index in [-0.39, 0.29) is 6.04 Å². The van der Waals surface area contributed by atoms with Gasteiger partial charge in [-0.25, -0.2) is 4.98 Å². The van der Waals surface area contributed by atoms with Crippen molar-refractivity contribution in [2.24, 2.45) is 0 Å². The number of imidazole rings is 1. The van der Waals surface area contributed by atoms with Crippen LogP contribution in [-0.2, 0) is 6.42 Å². The number of nitriles is 1. The molecule has 21 heavy (non-hydrogen) atoms. The monoisotopic (exact) mass is 276 g/mol. The Labute approximate surface area is 123 Å². The van der Waals surface area contributed by atoms with Crippen molar-refractivity contribution in [2.75, 3.05) is 5.73 Å². The number of nitrogens with two attached hydrogens (primary N) is 1. The van der Waals surface area contributed by atoms with E-state index in [1.807, 2.05) is 34.9 Å². The highest BCUT2D eigenvalue weighted by Crippen LogP contribution is 2.26. The van der Waals surface area contributed by atoms with Crippen molar-refractivity contribution in [3.63, 3.8) is 0 Å². The summed E-state index contributed by atoms with van der Waals surface area (Å²) < 4.78 is 2.00. The smallest absolute Gasteiger partial charge is 0.201 e. The molecule has 3 aromatic rings.